The van der Waals surface area contributed by atoms with Crippen LogP contribution >= 0.6 is 0 Å². The maximum absolute atomic E-state index is 12.1. The Morgan fingerprint density at radius 3 is 2.24 bits per heavy atom. The zero-order valence-electron chi connectivity index (χ0n) is 11.4. The monoisotopic (exact) mass is 236 g/mol. The van der Waals surface area contributed by atoms with Gasteiger partial charge in [0.15, 0.2) is 0 Å². The minimum atomic E-state index is 0.311. The van der Waals surface area contributed by atoms with E-state index in [2.05, 4.69) is 12.2 Å². The van der Waals surface area contributed by atoms with E-state index in [1.165, 1.54) is 44.9 Å². The summed E-state index contributed by atoms with van der Waals surface area (Å²) in [6, 6.07) is 0. The second kappa shape index (κ2) is 9.44. The molecule has 1 aliphatic carbocycles. The van der Waals surface area contributed by atoms with Crippen LogP contribution in [-0.2, 0) is 4.79 Å². The largest absolute Gasteiger partial charge is 0.299 e. The van der Waals surface area contributed by atoms with E-state index in [0.29, 0.717) is 11.7 Å². The summed E-state index contributed by atoms with van der Waals surface area (Å²) >= 11 is 0. The van der Waals surface area contributed by atoms with Gasteiger partial charge in [-0.15, -0.1) is 0 Å². The Morgan fingerprint density at radius 2 is 1.59 bits per heavy atom. The number of rotatable bonds is 2. The maximum Gasteiger partial charge on any atom is 0.136 e. The number of hydrogen-bond acceptors (Lipinski definition) is 1. The fourth-order valence-electron chi connectivity index (χ4n) is 2.67. The zero-order chi connectivity index (χ0) is 12.3. The summed E-state index contributed by atoms with van der Waals surface area (Å²) in [6.45, 7) is 2.04. The van der Waals surface area contributed by atoms with E-state index in [0.717, 1.165) is 25.7 Å². The quantitative estimate of drug-likeness (QED) is 0.613. The van der Waals surface area contributed by atoms with E-state index < -0.39 is 0 Å². The Balaban J connectivity index is 2.42. The molecule has 0 heterocycles. The van der Waals surface area contributed by atoms with Gasteiger partial charge < -0.3 is 0 Å². The number of carbonyl (C=O) groups excluding carboxylic acids is 1. The van der Waals surface area contributed by atoms with Crippen LogP contribution in [0.1, 0.15) is 77.6 Å². The highest BCUT2D eigenvalue weighted by Crippen LogP contribution is 2.21. The smallest absolute Gasteiger partial charge is 0.136 e. The molecule has 1 saturated carbocycles. The number of hydrogen-bond donors (Lipinski definition) is 0. The van der Waals surface area contributed by atoms with E-state index in [9.17, 15) is 4.79 Å². The van der Waals surface area contributed by atoms with Gasteiger partial charge in [-0.2, -0.15) is 0 Å². The van der Waals surface area contributed by atoms with Crippen LogP contribution in [0.3, 0.4) is 0 Å². The van der Waals surface area contributed by atoms with E-state index in [1.54, 1.807) is 0 Å². The van der Waals surface area contributed by atoms with Crippen molar-refractivity contribution in [2.75, 3.05) is 0 Å². The lowest BCUT2D eigenvalue weighted by atomic mass is 9.89. The predicted molar refractivity (Wildman–Crippen MR) is 74.1 cm³/mol. The van der Waals surface area contributed by atoms with Crippen LogP contribution in [0.2, 0.25) is 0 Å². The molecule has 0 aromatic rings. The standard InChI is InChI=1S/C16H28O/c1-2-3-12-15-13-10-8-6-4-5-7-9-11-14-16(15)17/h2-3,15H,4-14H2,1H3. The molecule has 0 aliphatic heterocycles. The molecule has 0 N–H and O–H groups in total. The van der Waals surface area contributed by atoms with Gasteiger partial charge in [0, 0.05) is 12.3 Å². The molecule has 17 heavy (non-hydrogen) atoms. The van der Waals surface area contributed by atoms with Gasteiger partial charge in [0.2, 0.25) is 0 Å². The van der Waals surface area contributed by atoms with Gasteiger partial charge in [-0.05, 0) is 26.2 Å². The Bertz CT molecular complexity index is 230. The molecule has 98 valence electrons. The number of allylic oxidation sites excluding steroid dienone is 2. The van der Waals surface area contributed by atoms with Crippen molar-refractivity contribution in [3.8, 4) is 0 Å². The molecule has 1 aliphatic rings. The fourth-order valence-corrected chi connectivity index (χ4v) is 2.67. The van der Waals surface area contributed by atoms with Crippen LogP contribution in [0.25, 0.3) is 0 Å². The lowest BCUT2D eigenvalue weighted by Gasteiger charge is -2.15. The predicted octanol–water partition coefficient (Wildman–Crippen LogP) is 5.05. The van der Waals surface area contributed by atoms with Crippen molar-refractivity contribution in [1.29, 1.82) is 0 Å². The van der Waals surface area contributed by atoms with Crippen LogP contribution in [0.5, 0.6) is 0 Å². The minimum absolute atomic E-state index is 0.311. The molecule has 1 atom stereocenters. The van der Waals surface area contributed by atoms with Gasteiger partial charge in [0.1, 0.15) is 5.78 Å². The highest BCUT2D eigenvalue weighted by atomic mass is 16.1. The van der Waals surface area contributed by atoms with Crippen molar-refractivity contribution in [1.82, 2.24) is 0 Å². The first kappa shape index (κ1) is 14.5. The van der Waals surface area contributed by atoms with Gasteiger partial charge >= 0.3 is 0 Å². The summed E-state index contributed by atoms with van der Waals surface area (Å²) < 4.78 is 0. The van der Waals surface area contributed by atoms with Crippen molar-refractivity contribution in [3.63, 3.8) is 0 Å². The summed E-state index contributed by atoms with van der Waals surface area (Å²) in [7, 11) is 0. The molecular weight excluding hydrogens is 208 g/mol. The van der Waals surface area contributed by atoms with Gasteiger partial charge in [-0.1, -0.05) is 57.1 Å². The summed E-state index contributed by atoms with van der Waals surface area (Å²) in [5, 5.41) is 0. The summed E-state index contributed by atoms with van der Waals surface area (Å²) in [5.74, 6) is 0.828. The molecule has 0 aromatic heterocycles. The van der Waals surface area contributed by atoms with Gasteiger partial charge in [0.05, 0.1) is 0 Å². The van der Waals surface area contributed by atoms with Crippen molar-refractivity contribution in [2.24, 2.45) is 5.92 Å². The molecule has 1 rings (SSSR count). The molecule has 1 unspecified atom stereocenters. The van der Waals surface area contributed by atoms with Gasteiger partial charge in [-0.25, -0.2) is 0 Å². The van der Waals surface area contributed by atoms with Crippen molar-refractivity contribution >= 4 is 5.78 Å². The third kappa shape index (κ3) is 6.65. The van der Waals surface area contributed by atoms with Crippen LogP contribution in [-0.4, -0.2) is 5.78 Å². The molecule has 0 aromatic carbocycles. The molecule has 0 spiro atoms. The first-order valence-electron chi connectivity index (χ1n) is 7.48. The van der Waals surface area contributed by atoms with Gasteiger partial charge in [0.25, 0.3) is 0 Å². The Hall–Kier alpha value is -0.590. The van der Waals surface area contributed by atoms with E-state index in [1.807, 2.05) is 6.92 Å². The van der Waals surface area contributed by atoms with Crippen LogP contribution in [0.15, 0.2) is 12.2 Å². The number of ketones is 1. The lowest BCUT2D eigenvalue weighted by Crippen LogP contribution is -2.14. The van der Waals surface area contributed by atoms with Gasteiger partial charge in [-0.3, -0.25) is 4.79 Å². The average Bonchev–Trinajstić information content (AvgIpc) is 2.33. The first-order valence-corrected chi connectivity index (χ1v) is 7.48. The molecule has 1 fully saturated rings. The van der Waals surface area contributed by atoms with Crippen molar-refractivity contribution in [2.45, 2.75) is 77.6 Å². The summed E-state index contributed by atoms with van der Waals surface area (Å²) in [4.78, 5) is 12.1. The van der Waals surface area contributed by atoms with Crippen LogP contribution < -0.4 is 0 Å². The Labute approximate surface area is 107 Å². The first-order chi connectivity index (χ1) is 8.34. The molecule has 0 saturated heterocycles. The second-order valence-corrected chi connectivity index (χ2v) is 5.34. The highest BCUT2D eigenvalue weighted by molar-refractivity contribution is 5.81. The molecule has 0 bridgehead atoms. The highest BCUT2D eigenvalue weighted by Gasteiger charge is 2.16. The van der Waals surface area contributed by atoms with E-state index in [-0.39, 0.29) is 0 Å². The lowest BCUT2D eigenvalue weighted by molar-refractivity contribution is -0.123. The minimum Gasteiger partial charge on any atom is -0.299 e. The fraction of sp³-hybridized carbons (Fsp3) is 0.812. The normalized spacial score (nSPS) is 25.5. The van der Waals surface area contributed by atoms with Crippen molar-refractivity contribution in [3.05, 3.63) is 12.2 Å². The third-order valence-corrected chi connectivity index (χ3v) is 3.84. The number of Topliss-reactive ketones (excluding diaryl/α,β-unsaturated/α-hetero) is 1. The molecule has 1 heteroatoms. The third-order valence-electron chi connectivity index (χ3n) is 3.84. The average molecular weight is 236 g/mol. The summed E-state index contributed by atoms with van der Waals surface area (Å²) in [5.41, 5.74) is 0. The van der Waals surface area contributed by atoms with Crippen LogP contribution in [0, 0.1) is 5.92 Å². The molecule has 0 radical (unpaired) electrons. The van der Waals surface area contributed by atoms with E-state index >= 15 is 0 Å². The second-order valence-electron chi connectivity index (χ2n) is 5.34. The zero-order valence-corrected chi connectivity index (χ0v) is 11.4. The van der Waals surface area contributed by atoms with Crippen LogP contribution in [0.4, 0.5) is 0 Å². The molecular formula is C16H28O. The van der Waals surface area contributed by atoms with Crippen molar-refractivity contribution < 1.29 is 4.79 Å². The van der Waals surface area contributed by atoms with E-state index in [4.69, 9.17) is 0 Å². The maximum atomic E-state index is 12.1. The SMILES string of the molecule is CC=CCC1CCCCCCCCCCC1=O. The molecule has 0 amide bonds. The number of carbonyl (C=O) groups is 1. The Kier molecular flexibility index (Phi) is 8.04. The molecule has 1 nitrogen and oxygen atoms in total. The Morgan fingerprint density at radius 1 is 1.00 bits per heavy atom. The topological polar surface area (TPSA) is 17.1 Å². The summed E-state index contributed by atoms with van der Waals surface area (Å²) in [6.07, 6.45) is 17.5.